The van der Waals surface area contributed by atoms with Crippen molar-refractivity contribution in [2.75, 3.05) is 6.54 Å². The van der Waals surface area contributed by atoms with Crippen LogP contribution in [0.5, 0.6) is 0 Å². The fourth-order valence-corrected chi connectivity index (χ4v) is 3.88. The molecule has 1 aromatic carbocycles. The second-order valence-corrected chi connectivity index (χ2v) is 6.33. The predicted octanol–water partition coefficient (Wildman–Crippen LogP) is 4.96. The Labute approximate surface area is 133 Å². The van der Waals surface area contributed by atoms with E-state index in [1.165, 1.54) is 10.4 Å². The molecule has 0 aliphatic heterocycles. The third-order valence-electron chi connectivity index (χ3n) is 3.56. The number of halogens is 1. The van der Waals surface area contributed by atoms with Crippen molar-refractivity contribution in [3.8, 4) is 0 Å². The highest BCUT2D eigenvalue weighted by atomic mass is 35.5. The number of thiophene rings is 1. The Balaban J connectivity index is 2.08. The number of pyridine rings is 1. The summed E-state index contributed by atoms with van der Waals surface area (Å²) >= 11 is 8.17. The first-order valence-corrected chi connectivity index (χ1v) is 8.28. The van der Waals surface area contributed by atoms with Crippen molar-refractivity contribution in [1.29, 1.82) is 0 Å². The van der Waals surface area contributed by atoms with E-state index < -0.39 is 0 Å². The van der Waals surface area contributed by atoms with Crippen molar-refractivity contribution in [3.05, 3.63) is 62.9 Å². The highest BCUT2D eigenvalue weighted by Gasteiger charge is 2.19. The summed E-state index contributed by atoms with van der Waals surface area (Å²) in [6, 6.07) is 10.6. The zero-order valence-electron chi connectivity index (χ0n) is 12.1. The Morgan fingerprint density at radius 3 is 2.90 bits per heavy atom. The van der Waals surface area contributed by atoms with Crippen LogP contribution in [0, 0.1) is 6.92 Å². The molecule has 108 valence electrons. The number of benzene rings is 1. The van der Waals surface area contributed by atoms with E-state index in [4.69, 9.17) is 11.6 Å². The summed E-state index contributed by atoms with van der Waals surface area (Å²) < 4.78 is 0. The smallest absolute Gasteiger partial charge is 0.0705 e. The van der Waals surface area contributed by atoms with Crippen LogP contribution in [0.15, 0.2) is 41.9 Å². The molecule has 0 spiro atoms. The first-order valence-electron chi connectivity index (χ1n) is 7.02. The second-order valence-electron chi connectivity index (χ2n) is 5.04. The van der Waals surface area contributed by atoms with Gasteiger partial charge in [-0.2, -0.15) is 0 Å². The third-order valence-corrected chi connectivity index (χ3v) is 5.34. The number of hydrogen-bond donors (Lipinski definition) is 1. The fourth-order valence-electron chi connectivity index (χ4n) is 2.47. The molecule has 2 heterocycles. The molecule has 0 aliphatic carbocycles. The van der Waals surface area contributed by atoms with Gasteiger partial charge in [-0.3, -0.25) is 4.98 Å². The topological polar surface area (TPSA) is 24.9 Å². The van der Waals surface area contributed by atoms with Crippen LogP contribution in [0.4, 0.5) is 0 Å². The minimum atomic E-state index is 0.118. The van der Waals surface area contributed by atoms with Gasteiger partial charge in [-0.25, -0.2) is 0 Å². The zero-order valence-corrected chi connectivity index (χ0v) is 13.6. The Morgan fingerprint density at radius 2 is 2.19 bits per heavy atom. The summed E-state index contributed by atoms with van der Waals surface area (Å²) in [4.78, 5) is 5.62. The summed E-state index contributed by atoms with van der Waals surface area (Å²) in [5.74, 6) is 0. The quantitative estimate of drug-likeness (QED) is 0.736. The van der Waals surface area contributed by atoms with E-state index in [0.717, 1.165) is 28.0 Å². The lowest BCUT2D eigenvalue weighted by molar-refractivity contribution is 0.640. The van der Waals surface area contributed by atoms with E-state index in [1.807, 2.05) is 19.2 Å². The maximum absolute atomic E-state index is 6.46. The van der Waals surface area contributed by atoms with Crippen LogP contribution in [-0.4, -0.2) is 11.5 Å². The molecule has 0 bridgehead atoms. The highest BCUT2D eigenvalue weighted by molar-refractivity contribution is 7.10. The van der Waals surface area contributed by atoms with Gasteiger partial charge in [0.25, 0.3) is 0 Å². The van der Waals surface area contributed by atoms with Gasteiger partial charge < -0.3 is 5.32 Å². The van der Waals surface area contributed by atoms with Crippen LogP contribution in [0.3, 0.4) is 0 Å². The van der Waals surface area contributed by atoms with Gasteiger partial charge in [-0.1, -0.05) is 36.7 Å². The van der Waals surface area contributed by atoms with Crippen LogP contribution in [0.1, 0.15) is 29.0 Å². The average molecular weight is 317 g/mol. The molecular weight excluding hydrogens is 300 g/mol. The Hall–Kier alpha value is -1.42. The molecule has 1 N–H and O–H groups in total. The number of fused-ring (bicyclic) bond motifs is 1. The molecule has 0 saturated carbocycles. The minimum absolute atomic E-state index is 0.118. The fraction of sp³-hybridized carbons (Fsp3) is 0.235. The van der Waals surface area contributed by atoms with Crippen LogP contribution in [-0.2, 0) is 0 Å². The summed E-state index contributed by atoms with van der Waals surface area (Å²) in [5, 5.41) is 7.67. The van der Waals surface area contributed by atoms with Crippen LogP contribution in [0.25, 0.3) is 10.9 Å². The van der Waals surface area contributed by atoms with Crippen molar-refractivity contribution >= 4 is 33.8 Å². The second kappa shape index (κ2) is 6.14. The van der Waals surface area contributed by atoms with E-state index >= 15 is 0 Å². The van der Waals surface area contributed by atoms with Crippen LogP contribution < -0.4 is 5.32 Å². The standard InChI is InChI=1S/C17H17ClN2S/c1-3-19-16(17-15(18)11(2)10-21-17)13-7-6-12-5-4-8-20-14(12)9-13/h4-10,16,19H,3H2,1-2H3. The molecule has 21 heavy (non-hydrogen) atoms. The van der Waals surface area contributed by atoms with E-state index in [0.29, 0.717) is 0 Å². The highest BCUT2D eigenvalue weighted by Crippen LogP contribution is 2.36. The third kappa shape index (κ3) is 2.82. The minimum Gasteiger partial charge on any atom is -0.306 e. The van der Waals surface area contributed by atoms with Crippen molar-refractivity contribution in [3.63, 3.8) is 0 Å². The Bertz CT molecular complexity index is 766. The monoisotopic (exact) mass is 316 g/mol. The number of aryl methyl sites for hydroxylation is 1. The van der Waals surface area contributed by atoms with E-state index in [1.54, 1.807) is 11.3 Å². The molecule has 2 aromatic heterocycles. The molecule has 4 heteroatoms. The van der Waals surface area contributed by atoms with Gasteiger partial charge in [0, 0.05) is 16.5 Å². The molecule has 1 atom stereocenters. The Kier molecular flexibility index (Phi) is 4.24. The normalized spacial score (nSPS) is 12.7. The lowest BCUT2D eigenvalue weighted by atomic mass is 10.0. The SMILES string of the molecule is CCNC(c1ccc2cccnc2c1)c1scc(C)c1Cl. The lowest BCUT2D eigenvalue weighted by Gasteiger charge is -2.18. The van der Waals surface area contributed by atoms with E-state index in [2.05, 4.69) is 46.9 Å². The average Bonchev–Trinajstić information content (AvgIpc) is 2.84. The summed E-state index contributed by atoms with van der Waals surface area (Å²) in [6.07, 6.45) is 1.83. The molecular formula is C17H17ClN2S. The van der Waals surface area contributed by atoms with Crippen LogP contribution >= 0.6 is 22.9 Å². The number of hydrogen-bond acceptors (Lipinski definition) is 3. The van der Waals surface area contributed by atoms with Gasteiger partial charge >= 0.3 is 0 Å². The molecule has 0 aliphatic rings. The summed E-state index contributed by atoms with van der Waals surface area (Å²) in [5.41, 5.74) is 3.35. The van der Waals surface area contributed by atoms with Gasteiger partial charge in [0.05, 0.1) is 16.6 Å². The lowest BCUT2D eigenvalue weighted by Crippen LogP contribution is -2.21. The van der Waals surface area contributed by atoms with Gasteiger partial charge in [0.15, 0.2) is 0 Å². The van der Waals surface area contributed by atoms with Crippen molar-refractivity contribution in [1.82, 2.24) is 10.3 Å². The van der Waals surface area contributed by atoms with E-state index in [9.17, 15) is 0 Å². The van der Waals surface area contributed by atoms with E-state index in [-0.39, 0.29) is 6.04 Å². The van der Waals surface area contributed by atoms with Gasteiger partial charge in [0.1, 0.15) is 0 Å². The van der Waals surface area contributed by atoms with Crippen LogP contribution in [0.2, 0.25) is 5.02 Å². The largest absolute Gasteiger partial charge is 0.306 e. The molecule has 3 aromatic rings. The molecule has 3 rings (SSSR count). The molecule has 2 nitrogen and oxygen atoms in total. The first kappa shape index (κ1) is 14.5. The first-order chi connectivity index (χ1) is 10.2. The molecule has 0 radical (unpaired) electrons. The molecule has 0 saturated heterocycles. The number of nitrogens with zero attached hydrogens (tertiary/aromatic N) is 1. The predicted molar refractivity (Wildman–Crippen MR) is 91.3 cm³/mol. The number of aromatic nitrogens is 1. The Morgan fingerprint density at radius 1 is 1.33 bits per heavy atom. The molecule has 1 unspecified atom stereocenters. The van der Waals surface area contributed by atoms with Crippen molar-refractivity contribution < 1.29 is 0 Å². The molecule has 0 fully saturated rings. The maximum atomic E-state index is 6.46. The van der Waals surface area contributed by atoms with Crippen molar-refractivity contribution in [2.45, 2.75) is 19.9 Å². The van der Waals surface area contributed by atoms with Gasteiger partial charge in [0.2, 0.25) is 0 Å². The number of rotatable bonds is 4. The van der Waals surface area contributed by atoms with Gasteiger partial charge in [-0.15, -0.1) is 11.3 Å². The maximum Gasteiger partial charge on any atom is 0.0705 e. The zero-order chi connectivity index (χ0) is 14.8. The van der Waals surface area contributed by atoms with Gasteiger partial charge in [-0.05, 0) is 42.1 Å². The summed E-state index contributed by atoms with van der Waals surface area (Å²) in [7, 11) is 0. The number of nitrogens with one attached hydrogen (secondary N) is 1. The van der Waals surface area contributed by atoms with Crippen molar-refractivity contribution in [2.24, 2.45) is 0 Å². The molecule has 0 amide bonds. The summed E-state index contributed by atoms with van der Waals surface area (Å²) in [6.45, 7) is 5.05.